The fourth-order valence-corrected chi connectivity index (χ4v) is 2.16. The summed E-state index contributed by atoms with van der Waals surface area (Å²) in [6, 6.07) is 20.0. The van der Waals surface area contributed by atoms with Crippen LogP contribution in [0.4, 0.5) is 5.69 Å². The Hall–Kier alpha value is -2.07. The molecule has 0 amide bonds. The van der Waals surface area contributed by atoms with E-state index in [0.717, 1.165) is 27.2 Å². The summed E-state index contributed by atoms with van der Waals surface area (Å²) in [5.41, 5.74) is 2.97. The summed E-state index contributed by atoms with van der Waals surface area (Å²) in [6.07, 6.45) is 0. The molecule has 0 aliphatic heterocycles. The highest BCUT2D eigenvalue weighted by molar-refractivity contribution is 9.10. The minimum absolute atomic E-state index is 0.613. The molecule has 0 aliphatic rings. The summed E-state index contributed by atoms with van der Waals surface area (Å²) < 4.78 is 6.41. The quantitative estimate of drug-likeness (QED) is 0.753. The van der Waals surface area contributed by atoms with Gasteiger partial charge < -0.3 is 9.84 Å². The molecule has 0 atom stereocenters. The highest BCUT2D eigenvalue weighted by Gasteiger charge is 2.05. The normalized spacial score (nSPS) is 10.4. The Kier molecular flexibility index (Phi) is 3.83. The fourth-order valence-electron chi connectivity index (χ4n) is 1.90. The Labute approximate surface area is 125 Å². The van der Waals surface area contributed by atoms with Gasteiger partial charge in [-0.25, -0.2) is 0 Å². The van der Waals surface area contributed by atoms with Crippen LogP contribution >= 0.6 is 15.9 Å². The molecule has 1 N–H and O–H groups in total. The van der Waals surface area contributed by atoms with E-state index in [2.05, 4.69) is 26.4 Å². The second-order valence-corrected chi connectivity index (χ2v) is 5.32. The van der Waals surface area contributed by atoms with E-state index >= 15 is 0 Å². The fraction of sp³-hybridized carbons (Fsp3) is 0.0625. The maximum absolute atomic E-state index is 5.34. The van der Waals surface area contributed by atoms with Crippen molar-refractivity contribution in [1.82, 2.24) is 5.16 Å². The van der Waals surface area contributed by atoms with E-state index in [-0.39, 0.29) is 0 Å². The zero-order chi connectivity index (χ0) is 13.8. The molecule has 0 fully saturated rings. The molecule has 1 aromatic heterocycles. The van der Waals surface area contributed by atoms with Crippen LogP contribution in [0.1, 0.15) is 5.76 Å². The van der Waals surface area contributed by atoms with E-state index in [1.54, 1.807) is 0 Å². The third-order valence-electron chi connectivity index (χ3n) is 2.94. The van der Waals surface area contributed by atoms with Crippen molar-refractivity contribution in [2.75, 3.05) is 5.32 Å². The van der Waals surface area contributed by atoms with E-state index in [1.165, 1.54) is 0 Å². The summed E-state index contributed by atoms with van der Waals surface area (Å²) in [5, 5.41) is 7.39. The van der Waals surface area contributed by atoms with Gasteiger partial charge in [0.1, 0.15) is 5.69 Å². The Balaban J connectivity index is 1.67. The van der Waals surface area contributed by atoms with Crippen LogP contribution < -0.4 is 5.32 Å². The van der Waals surface area contributed by atoms with Crippen LogP contribution in [0.25, 0.3) is 11.3 Å². The zero-order valence-electron chi connectivity index (χ0n) is 10.7. The van der Waals surface area contributed by atoms with Gasteiger partial charge in [0.2, 0.25) is 0 Å². The number of nitrogens with one attached hydrogen (secondary N) is 1. The number of halogens is 1. The van der Waals surface area contributed by atoms with Crippen LogP contribution in [-0.4, -0.2) is 5.16 Å². The molecule has 4 heteroatoms. The first kappa shape index (κ1) is 12.9. The van der Waals surface area contributed by atoms with E-state index in [0.29, 0.717) is 6.54 Å². The molecular weight excluding hydrogens is 316 g/mol. The van der Waals surface area contributed by atoms with Crippen LogP contribution in [0.15, 0.2) is 69.7 Å². The molecule has 3 rings (SSSR count). The molecule has 3 aromatic rings. The summed E-state index contributed by atoms with van der Waals surface area (Å²) in [4.78, 5) is 0. The second kappa shape index (κ2) is 5.92. The lowest BCUT2D eigenvalue weighted by atomic mass is 10.1. The zero-order valence-corrected chi connectivity index (χ0v) is 12.3. The Morgan fingerprint density at radius 3 is 2.50 bits per heavy atom. The van der Waals surface area contributed by atoms with Crippen LogP contribution in [0.2, 0.25) is 0 Å². The third-order valence-corrected chi connectivity index (χ3v) is 3.47. The van der Waals surface area contributed by atoms with E-state index in [9.17, 15) is 0 Å². The molecule has 0 bridgehead atoms. The first-order valence-corrected chi connectivity index (χ1v) is 7.11. The lowest BCUT2D eigenvalue weighted by Crippen LogP contribution is -1.97. The Morgan fingerprint density at radius 2 is 1.75 bits per heavy atom. The Bertz CT molecular complexity index is 677. The topological polar surface area (TPSA) is 38.1 Å². The average Bonchev–Trinajstić information content (AvgIpc) is 2.97. The predicted molar refractivity (Wildman–Crippen MR) is 83.4 cm³/mol. The molecule has 3 nitrogen and oxygen atoms in total. The van der Waals surface area contributed by atoms with E-state index in [4.69, 9.17) is 4.52 Å². The van der Waals surface area contributed by atoms with Gasteiger partial charge in [0.25, 0.3) is 0 Å². The lowest BCUT2D eigenvalue weighted by molar-refractivity contribution is 0.390. The van der Waals surface area contributed by atoms with E-state index in [1.807, 2.05) is 60.7 Å². The summed E-state index contributed by atoms with van der Waals surface area (Å²) in [7, 11) is 0. The molecule has 100 valence electrons. The molecular formula is C16H13BrN2O. The average molecular weight is 329 g/mol. The van der Waals surface area contributed by atoms with Crippen molar-refractivity contribution in [1.29, 1.82) is 0 Å². The van der Waals surface area contributed by atoms with Gasteiger partial charge in [-0.05, 0) is 24.3 Å². The van der Waals surface area contributed by atoms with Crippen molar-refractivity contribution < 1.29 is 4.52 Å². The number of anilines is 1. The maximum Gasteiger partial charge on any atom is 0.156 e. The number of rotatable bonds is 4. The minimum atomic E-state index is 0.613. The van der Waals surface area contributed by atoms with Crippen molar-refractivity contribution in [3.05, 3.63) is 70.9 Å². The standard InChI is InChI=1S/C16H13BrN2O/c17-13-6-8-14(9-7-13)18-11-15-10-16(19-20-15)12-4-2-1-3-5-12/h1-10,18H,11H2. The smallest absolute Gasteiger partial charge is 0.156 e. The predicted octanol–water partition coefficient (Wildman–Crippen LogP) is 4.72. The summed E-state index contributed by atoms with van der Waals surface area (Å²) in [6.45, 7) is 0.613. The first-order chi connectivity index (χ1) is 9.81. The van der Waals surface area contributed by atoms with Gasteiger partial charge in [-0.2, -0.15) is 0 Å². The number of hydrogen-bond donors (Lipinski definition) is 1. The molecule has 0 unspecified atom stereocenters. The molecule has 0 radical (unpaired) electrons. The van der Waals surface area contributed by atoms with Gasteiger partial charge in [0.05, 0.1) is 6.54 Å². The summed E-state index contributed by atoms with van der Waals surface area (Å²) in [5.74, 6) is 0.812. The Morgan fingerprint density at radius 1 is 1.00 bits per heavy atom. The molecule has 2 aromatic carbocycles. The van der Waals surface area contributed by atoms with Crippen molar-refractivity contribution >= 4 is 21.6 Å². The van der Waals surface area contributed by atoms with Crippen LogP contribution in [0.5, 0.6) is 0 Å². The lowest BCUT2D eigenvalue weighted by Gasteiger charge is -2.03. The molecule has 0 aliphatic carbocycles. The number of benzene rings is 2. The van der Waals surface area contributed by atoms with Crippen molar-refractivity contribution in [2.24, 2.45) is 0 Å². The third kappa shape index (κ3) is 3.08. The van der Waals surface area contributed by atoms with Crippen molar-refractivity contribution in [3.63, 3.8) is 0 Å². The number of aromatic nitrogens is 1. The molecule has 0 saturated carbocycles. The van der Waals surface area contributed by atoms with Crippen molar-refractivity contribution in [2.45, 2.75) is 6.54 Å². The molecule has 0 saturated heterocycles. The van der Waals surface area contributed by atoms with Gasteiger partial charge >= 0.3 is 0 Å². The maximum atomic E-state index is 5.34. The van der Waals surface area contributed by atoms with Gasteiger partial charge in [0.15, 0.2) is 5.76 Å². The highest BCUT2D eigenvalue weighted by Crippen LogP contribution is 2.20. The number of hydrogen-bond acceptors (Lipinski definition) is 3. The van der Waals surface area contributed by atoms with Crippen molar-refractivity contribution in [3.8, 4) is 11.3 Å². The summed E-state index contributed by atoms with van der Waals surface area (Å²) >= 11 is 3.41. The van der Waals surface area contributed by atoms with E-state index < -0.39 is 0 Å². The van der Waals surface area contributed by atoms with Gasteiger partial charge in [-0.1, -0.05) is 51.4 Å². The van der Waals surface area contributed by atoms with Crippen LogP contribution in [-0.2, 0) is 6.54 Å². The largest absolute Gasteiger partial charge is 0.378 e. The van der Waals surface area contributed by atoms with Gasteiger partial charge in [-0.3, -0.25) is 0 Å². The van der Waals surface area contributed by atoms with Gasteiger partial charge in [0, 0.05) is 21.8 Å². The second-order valence-electron chi connectivity index (χ2n) is 4.40. The minimum Gasteiger partial charge on any atom is -0.378 e. The SMILES string of the molecule is Brc1ccc(NCc2cc(-c3ccccc3)no2)cc1. The van der Waals surface area contributed by atoms with Crippen LogP contribution in [0.3, 0.4) is 0 Å². The monoisotopic (exact) mass is 328 g/mol. The molecule has 0 spiro atoms. The van der Waals surface area contributed by atoms with Crippen LogP contribution in [0, 0.1) is 0 Å². The molecule has 1 heterocycles. The highest BCUT2D eigenvalue weighted by atomic mass is 79.9. The molecule has 20 heavy (non-hydrogen) atoms. The number of nitrogens with zero attached hydrogens (tertiary/aromatic N) is 1. The van der Waals surface area contributed by atoms with Gasteiger partial charge in [-0.15, -0.1) is 0 Å². The first-order valence-electron chi connectivity index (χ1n) is 6.32.